The van der Waals surface area contributed by atoms with Crippen LogP contribution in [0.2, 0.25) is 0 Å². The quantitative estimate of drug-likeness (QED) is 0.732. The summed E-state index contributed by atoms with van der Waals surface area (Å²) in [5.41, 5.74) is 4.03. The summed E-state index contributed by atoms with van der Waals surface area (Å²) in [6.07, 6.45) is 0.799. The SMILES string of the molecule is CCOc1ccc2[nH]c3c(c2c1)CN(C(=O)c1ccc(OC)c(OC)c1)CC3. The number of ether oxygens (including phenoxy) is 3. The highest BCUT2D eigenvalue weighted by Crippen LogP contribution is 2.32. The number of nitrogens with one attached hydrogen (secondary N) is 1. The first-order chi connectivity index (χ1) is 13.6. The third-order valence-electron chi connectivity index (χ3n) is 5.18. The highest BCUT2D eigenvalue weighted by Gasteiger charge is 2.25. The molecule has 1 amide bonds. The van der Waals surface area contributed by atoms with E-state index in [1.807, 2.05) is 24.0 Å². The second kappa shape index (κ2) is 7.46. The van der Waals surface area contributed by atoms with E-state index in [0.717, 1.165) is 28.6 Å². The van der Waals surface area contributed by atoms with Crippen LogP contribution in [-0.2, 0) is 13.0 Å². The maximum absolute atomic E-state index is 13.1. The molecule has 0 radical (unpaired) electrons. The third-order valence-corrected chi connectivity index (χ3v) is 5.18. The van der Waals surface area contributed by atoms with Gasteiger partial charge in [-0.3, -0.25) is 4.79 Å². The number of benzene rings is 2. The number of rotatable bonds is 5. The Morgan fingerprint density at radius 1 is 1.11 bits per heavy atom. The maximum Gasteiger partial charge on any atom is 0.254 e. The van der Waals surface area contributed by atoms with Crippen molar-refractivity contribution in [1.29, 1.82) is 0 Å². The van der Waals surface area contributed by atoms with E-state index < -0.39 is 0 Å². The van der Waals surface area contributed by atoms with Crippen molar-refractivity contribution < 1.29 is 19.0 Å². The van der Waals surface area contributed by atoms with Crippen LogP contribution in [0.1, 0.15) is 28.5 Å². The van der Waals surface area contributed by atoms with Crippen LogP contribution in [0, 0.1) is 0 Å². The highest BCUT2D eigenvalue weighted by atomic mass is 16.5. The fraction of sp³-hybridized carbons (Fsp3) is 0.318. The van der Waals surface area contributed by atoms with Crippen molar-refractivity contribution >= 4 is 16.8 Å². The van der Waals surface area contributed by atoms with E-state index >= 15 is 0 Å². The van der Waals surface area contributed by atoms with Crippen LogP contribution < -0.4 is 14.2 Å². The van der Waals surface area contributed by atoms with Crippen LogP contribution in [0.3, 0.4) is 0 Å². The number of fused-ring (bicyclic) bond motifs is 3. The molecule has 0 spiro atoms. The summed E-state index contributed by atoms with van der Waals surface area (Å²) in [6, 6.07) is 11.3. The lowest BCUT2D eigenvalue weighted by Gasteiger charge is -2.27. The third kappa shape index (κ3) is 3.15. The van der Waals surface area contributed by atoms with Gasteiger partial charge >= 0.3 is 0 Å². The Balaban J connectivity index is 1.63. The van der Waals surface area contributed by atoms with Gasteiger partial charge in [-0.25, -0.2) is 0 Å². The van der Waals surface area contributed by atoms with Gasteiger partial charge in [-0.15, -0.1) is 0 Å². The highest BCUT2D eigenvalue weighted by molar-refractivity contribution is 5.96. The summed E-state index contributed by atoms with van der Waals surface area (Å²) in [5, 5.41) is 1.12. The summed E-state index contributed by atoms with van der Waals surface area (Å²) in [5.74, 6) is 2.00. The van der Waals surface area contributed by atoms with E-state index in [9.17, 15) is 4.79 Å². The van der Waals surface area contributed by atoms with E-state index in [2.05, 4.69) is 11.1 Å². The van der Waals surface area contributed by atoms with Crippen molar-refractivity contribution in [1.82, 2.24) is 9.88 Å². The molecular weight excluding hydrogens is 356 g/mol. The zero-order chi connectivity index (χ0) is 19.7. The predicted octanol–water partition coefficient (Wildman–Crippen LogP) is 3.78. The van der Waals surface area contributed by atoms with Crippen LogP contribution in [-0.4, -0.2) is 43.2 Å². The zero-order valence-corrected chi connectivity index (χ0v) is 16.4. The van der Waals surface area contributed by atoms with Gasteiger partial charge in [-0.05, 0) is 43.3 Å². The fourth-order valence-electron chi connectivity index (χ4n) is 3.77. The predicted molar refractivity (Wildman–Crippen MR) is 107 cm³/mol. The van der Waals surface area contributed by atoms with E-state index in [1.54, 1.807) is 32.4 Å². The van der Waals surface area contributed by atoms with Gasteiger partial charge in [0.1, 0.15) is 5.75 Å². The number of hydrogen-bond donors (Lipinski definition) is 1. The molecule has 1 aliphatic rings. The van der Waals surface area contributed by atoms with E-state index in [-0.39, 0.29) is 5.91 Å². The van der Waals surface area contributed by atoms with Gasteiger partial charge in [0.2, 0.25) is 0 Å². The van der Waals surface area contributed by atoms with Crippen LogP contribution in [0.15, 0.2) is 36.4 Å². The second-order valence-electron chi connectivity index (χ2n) is 6.77. The molecule has 1 N–H and O–H groups in total. The molecule has 6 heteroatoms. The number of aromatic amines is 1. The standard InChI is InChI=1S/C22H24N2O4/c1-4-28-15-6-7-18-16(12-15)17-13-24(10-9-19(17)23-18)22(25)14-5-8-20(26-2)21(11-14)27-3/h5-8,11-12,23H,4,9-10,13H2,1-3H3. The number of aromatic nitrogens is 1. The molecule has 0 saturated carbocycles. The normalized spacial score (nSPS) is 13.3. The van der Waals surface area contributed by atoms with Crippen molar-refractivity contribution in [2.45, 2.75) is 19.9 Å². The number of H-pyrrole nitrogens is 1. The van der Waals surface area contributed by atoms with Crippen LogP contribution in [0.4, 0.5) is 0 Å². The average molecular weight is 380 g/mol. The fourth-order valence-corrected chi connectivity index (χ4v) is 3.77. The molecule has 0 bridgehead atoms. The molecule has 2 heterocycles. The molecule has 3 aromatic rings. The lowest BCUT2D eigenvalue weighted by molar-refractivity contribution is 0.0734. The Morgan fingerprint density at radius 2 is 1.93 bits per heavy atom. The van der Waals surface area contributed by atoms with Crippen molar-refractivity contribution in [3.05, 3.63) is 53.2 Å². The Morgan fingerprint density at radius 3 is 2.68 bits per heavy atom. The molecule has 0 atom stereocenters. The monoisotopic (exact) mass is 380 g/mol. The largest absolute Gasteiger partial charge is 0.494 e. The van der Waals surface area contributed by atoms with Crippen molar-refractivity contribution in [3.63, 3.8) is 0 Å². The minimum atomic E-state index is -0.0121. The number of hydrogen-bond acceptors (Lipinski definition) is 4. The molecule has 6 nitrogen and oxygen atoms in total. The van der Waals surface area contributed by atoms with E-state index in [0.29, 0.717) is 36.8 Å². The Bertz CT molecular complexity index is 1020. The van der Waals surface area contributed by atoms with Gasteiger partial charge in [-0.1, -0.05) is 0 Å². The van der Waals surface area contributed by atoms with Crippen LogP contribution >= 0.6 is 0 Å². The molecule has 146 valence electrons. The Hall–Kier alpha value is -3.15. The van der Waals surface area contributed by atoms with Gasteiger partial charge in [0, 0.05) is 47.2 Å². The molecule has 0 saturated heterocycles. The van der Waals surface area contributed by atoms with E-state index in [1.165, 1.54) is 5.69 Å². The molecule has 1 aromatic heterocycles. The number of nitrogens with zero attached hydrogens (tertiary/aromatic N) is 1. The first-order valence-corrected chi connectivity index (χ1v) is 9.42. The van der Waals surface area contributed by atoms with Crippen molar-refractivity contribution in [3.8, 4) is 17.2 Å². The van der Waals surface area contributed by atoms with Crippen LogP contribution in [0.25, 0.3) is 10.9 Å². The van der Waals surface area contributed by atoms with Gasteiger partial charge in [0.05, 0.1) is 20.8 Å². The number of carbonyl (C=O) groups is 1. The number of methoxy groups -OCH3 is 2. The first kappa shape index (κ1) is 18.2. The maximum atomic E-state index is 13.1. The molecular formula is C22H24N2O4. The Kier molecular flexibility index (Phi) is 4.86. The summed E-state index contributed by atoms with van der Waals surface area (Å²) < 4.78 is 16.2. The first-order valence-electron chi connectivity index (χ1n) is 9.42. The number of amides is 1. The lowest BCUT2D eigenvalue weighted by atomic mass is 10.0. The average Bonchev–Trinajstić information content (AvgIpc) is 3.10. The van der Waals surface area contributed by atoms with Crippen LogP contribution in [0.5, 0.6) is 17.2 Å². The molecule has 1 aliphatic heterocycles. The summed E-state index contributed by atoms with van der Waals surface area (Å²) in [6.45, 7) is 3.84. The van der Waals surface area contributed by atoms with Crippen molar-refractivity contribution in [2.75, 3.05) is 27.4 Å². The number of carbonyl (C=O) groups excluding carboxylic acids is 1. The molecule has 0 fully saturated rings. The van der Waals surface area contributed by atoms with Gasteiger partial charge in [-0.2, -0.15) is 0 Å². The topological polar surface area (TPSA) is 63.8 Å². The van der Waals surface area contributed by atoms with Gasteiger partial charge in [0.25, 0.3) is 5.91 Å². The van der Waals surface area contributed by atoms with E-state index in [4.69, 9.17) is 14.2 Å². The van der Waals surface area contributed by atoms with Crippen molar-refractivity contribution in [2.24, 2.45) is 0 Å². The molecule has 28 heavy (non-hydrogen) atoms. The molecule has 0 unspecified atom stereocenters. The van der Waals surface area contributed by atoms with Gasteiger partial charge < -0.3 is 24.1 Å². The summed E-state index contributed by atoms with van der Waals surface area (Å²) in [4.78, 5) is 18.5. The lowest BCUT2D eigenvalue weighted by Crippen LogP contribution is -2.35. The smallest absolute Gasteiger partial charge is 0.254 e. The zero-order valence-electron chi connectivity index (χ0n) is 16.4. The summed E-state index contributed by atoms with van der Waals surface area (Å²) in [7, 11) is 3.15. The minimum absolute atomic E-state index is 0.0121. The Labute approximate surface area is 164 Å². The second-order valence-corrected chi connectivity index (χ2v) is 6.77. The van der Waals surface area contributed by atoms with Gasteiger partial charge in [0.15, 0.2) is 11.5 Å². The molecule has 2 aromatic carbocycles. The summed E-state index contributed by atoms with van der Waals surface area (Å²) >= 11 is 0. The minimum Gasteiger partial charge on any atom is -0.494 e. The molecule has 4 rings (SSSR count). The molecule has 0 aliphatic carbocycles.